The van der Waals surface area contributed by atoms with Gasteiger partial charge in [-0.25, -0.2) is 4.79 Å². The number of nitrogens with one attached hydrogen (secondary N) is 2. The zero-order chi connectivity index (χ0) is 35.2. The molecule has 1 fully saturated rings. The third kappa shape index (κ3) is 11.9. The second-order valence-corrected chi connectivity index (χ2v) is 14.2. The van der Waals surface area contributed by atoms with Gasteiger partial charge in [-0.15, -0.1) is 0 Å². The first-order valence-corrected chi connectivity index (χ1v) is 18.9. The van der Waals surface area contributed by atoms with Crippen molar-refractivity contribution in [3.63, 3.8) is 0 Å². The predicted molar refractivity (Wildman–Crippen MR) is 204 cm³/mol. The molecule has 1 aliphatic carbocycles. The summed E-state index contributed by atoms with van der Waals surface area (Å²) < 4.78 is 12.1. The summed E-state index contributed by atoms with van der Waals surface area (Å²) in [4.78, 5) is 28.2. The van der Waals surface area contributed by atoms with E-state index in [1.165, 1.54) is 32.1 Å². The lowest BCUT2D eigenvalue weighted by atomic mass is 9.92. The van der Waals surface area contributed by atoms with Gasteiger partial charge in [0.2, 0.25) is 0 Å². The van der Waals surface area contributed by atoms with E-state index >= 15 is 0 Å². The fourth-order valence-corrected chi connectivity index (χ4v) is 7.11. The Hall–Kier alpha value is -2.82. The largest absolute Gasteiger partial charge is 0.464 e. The maximum atomic E-state index is 13.2. The van der Waals surface area contributed by atoms with E-state index in [1.807, 2.05) is 30.3 Å². The van der Waals surface area contributed by atoms with Crippen LogP contribution in [-0.2, 0) is 20.7 Å². The van der Waals surface area contributed by atoms with Crippen LogP contribution in [0.15, 0.2) is 59.1 Å². The highest BCUT2D eigenvalue weighted by Crippen LogP contribution is 2.35. The number of carbonyl (C=O) groups is 2. The summed E-state index contributed by atoms with van der Waals surface area (Å²) in [5.74, 6) is -0.726. The molecule has 266 valence electrons. The van der Waals surface area contributed by atoms with Crippen LogP contribution in [0.1, 0.15) is 92.7 Å². The van der Waals surface area contributed by atoms with Gasteiger partial charge in [-0.2, -0.15) is 0 Å². The molecule has 3 aromatic rings. The number of ether oxygens (including phenoxy) is 2. The molecule has 0 heterocycles. The lowest BCUT2D eigenvalue weighted by Crippen LogP contribution is -2.34. The summed E-state index contributed by atoms with van der Waals surface area (Å²) in [6.07, 6.45) is 9.06. The van der Waals surface area contributed by atoms with Gasteiger partial charge in [0.05, 0.1) is 33.4 Å². The summed E-state index contributed by atoms with van der Waals surface area (Å²) in [5.41, 5.74) is 10.6. The molecule has 11 heteroatoms. The second kappa shape index (κ2) is 20.1. The quantitative estimate of drug-likeness (QED) is 0.0867. The highest BCUT2D eigenvalue weighted by Gasteiger charge is 2.23. The molecule has 0 bridgehead atoms. The van der Waals surface area contributed by atoms with Crippen molar-refractivity contribution in [1.82, 2.24) is 10.2 Å². The van der Waals surface area contributed by atoms with Gasteiger partial charge < -0.3 is 25.8 Å². The van der Waals surface area contributed by atoms with Crippen molar-refractivity contribution < 1.29 is 19.1 Å². The van der Waals surface area contributed by atoms with Gasteiger partial charge in [0.1, 0.15) is 13.2 Å². The molecule has 3 aromatic carbocycles. The Labute approximate surface area is 309 Å². The summed E-state index contributed by atoms with van der Waals surface area (Å²) in [6, 6.07) is 16.9. The SMILES string of the molecule is CCCCN(CCOC(=O)Cc1ccccc1Nc1c(Cl)cccc1Cl)CCOC(=O)c1cc(Br)c(N)c(C(CC)NC2CCCCC2)c1. The van der Waals surface area contributed by atoms with Crippen molar-refractivity contribution >= 4 is 68.1 Å². The summed E-state index contributed by atoms with van der Waals surface area (Å²) in [7, 11) is 0. The fraction of sp³-hybridized carbons (Fsp3) is 0.474. The minimum absolute atomic E-state index is 0.0602. The molecule has 4 N–H and O–H groups in total. The third-order valence-electron chi connectivity index (χ3n) is 8.94. The average molecular weight is 777 g/mol. The molecular weight excluding hydrogens is 727 g/mol. The molecular formula is C38H49BrCl2N4O4. The van der Waals surface area contributed by atoms with Crippen LogP contribution in [0.2, 0.25) is 10.0 Å². The number of unbranched alkanes of at least 4 members (excludes halogenated alkanes) is 1. The van der Waals surface area contributed by atoms with E-state index in [0.717, 1.165) is 42.6 Å². The van der Waals surface area contributed by atoms with Crippen molar-refractivity contribution in [3.05, 3.63) is 85.8 Å². The number of hydrogen-bond acceptors (Lipinski definition) is 8. The van der Waals surface area contributed by atoms with Crippen LogP contribution in [0.4, 0.5) is 17.1 Å². The molecule has 0 radical (unpaired) electrons. The third-order valence-corrected chi connectivity index (χ3v) is 10.2. The Bertz CT molecular complexity index is 1520. The number of rotatable bonds is 18. The lowest BCUT2D eigenvalue weighted by molar-refractivity contribution is -0.143. The maximum absolute atomic E-state index is 13.2. The second-order valence-electron chi connectivity index (χ2n) is 12.5. The summed E-state index contributed by atoms with van der Waals surface area (Å²) >= 11 is 16.3. The number of nitrogen functional groups attached to an aromatic ring is 1. The summed E-state index contributed by atoms with van der Waals surface area (Å²) in [6.45, 7) is 6.57. The van der Waals surface area contributed by atoms with Gasteiger partial charge in [-0.3, -0.25) is 9.69 Å². The minimum atomic E-state index is -0.387. The van der Waals surface area contributed by atoms with Gasteiger partial charge in [0.25, 0.3) is 0 Å². The topological polar surface area (TPSA) is 106 Å². The Morgan fingerprint density at radius 3 is 2.35 bits per heavy atom. The maximum Gasteiger partial charge on any atom is 0.338 e. The molecule has 0 aromatic heterocycles. The lowest BCUT2D eigenvalue weighted by Gasteiger charge is -2.29. The van der Waals surface area contributed by atoms with Crippen molar-refractivity contribution in [2.75, 3.05) is 43.9 Å². The highest BCUT2D eigenvalue weighted by molar-refractivity contribution is 9.10. The van der Waals surface area contributed by atoms with Crippen LogP contribution < -0.4 is 16.4 Å². The fourth-order valence-electron chi connectivity index (χ4n) is 6.14. The molecule has 1 atom stereocenters. The van der Waals surface area contributed by atoms with Crippen LogP contribution in [0.25, 0.3) is 0 Å². The van der Waals surface area contributed by atoms with E-state index in [0.29, 0.717) is 50.6 Å². The van der Waals surface area contributed by atoms with Gasteiger partial charge in [-0.05, 0) is 89.6 Å². The number of para-hydroxylation sites is 2. The Morgan fingerprint density at radius 1 is 0.959 bits per heavy atom. The molecule has 8 nitrogen and oxygen atoms in total. The monoisotopic (exact) mass is 774 g/mol. The summed E-state index contributed by atoms with van der Waals surface area (Å²) in [5, 5.41) is 8.01. The zero-order valence-corrected chi connectivity index (χ0v) is 31.6. The Balaban J connectivity index is 1.29. The van der Waals surface area contributed by atoms with E-state index in [2.05, 4.69) is 45.3 Å². The van der Waals surface area contributed by atoms with E-state index < -0.39 is 0 Å². The van der Waals surface area contributed by atoms with Gasteiger partial charge in [0.15, 0.2) is 0 Å². The molecule has 1 aliphatic rings. The zero-order valence-electron chi connectivity index (χ0n) is 28.5. The highest BCUT2D eigenvalue weighted by atomic mass is 79.9. The average Bonchev–Trinajstić information content (AvgIpc) is 3.09. The molecule has 0 aliphatic heterocycles. The number of carbonyl (C=O) groups excluding carboxylic acids is 2. The van der Waals surface area contributed by atoms with Crippen LogP contribution in [0, 0.1) is 0 Å². The van der Waals surface area contributed by atoms with Crippen LogP contribution in [-0.4, -0.2) is 55.7 Å². The molecule has 0 spiro atoms. The number of esters is 2. The number of anilines is 3. The first kappa shape index (κ1) is 39.0. The van der Waals surface area contributed by atoms with Crippen molar-refractivity contribution in [3.8, 4) is 0 Å². The number of hydrogen-bond donors (Lipinski definition) is 3. The first-order chi connectivity index (χ1) is 23.7. The normalized spacial score (nSPS) is 14.1. The van der Waals surface area contributed by atoms with Crippen LogP contribution in [0.3, 0.4) is 0 Å². The van der Waals surface area contributed by atoms with E-state index in [-0.39, 0.29) is 37.6 Å². The number of nitrogens with zero attached hydrogens (tertiary/aromatic N) is 1. The van der Waals surface area contributed by atoms with E-state index in [4.69, 9.17) is 38.4 Å². The molecule has 1 saturated carbocycles. The minimum Gasteiger partial charge on any atom is -0.464 e. The predicted octanol–water partition coefficient (Wildman–Crippen LogP) is 9.50. The standard InChI is InChI=1S/C38H49BrCl2N4O4/c1-3-5-18-45(19-21-48-35(46)25-26-12-9-10-17-34(26)44-37-31(40)15-11-16-32(37)41)20-22-49-38(47)27-23-29(36(42)30(39)24-27)33(4-2)43-28-13-7-6-8-14-28/h9-12,15-17,23-24,28,33,43-44H,3-8,13-14,18-22,25,42H2,1-2H3. The first-order valence-electron chi connectivity index (χ1n) is 17.4. The molecule has 49 heavy (non-hydrogen) atoms. The molecule has 1 unspecified atom stereocenters. The number of halogens is 3. The Morgan fingerprint density at radius 2 is 1.65 bits per heavy atom. The van der Waals surface area contributed by atoms with Crippen LogP contribution >= 0.6 is 39.1 Å². The van der Waals surface area contributed by atoms with Crippen molar-refractivity contribution in [2.45, 2.75) is 83.7 Å². The van der Waals surface area contributed by atoms with E-state index in [9.17, 15) is 9.59 Å². The van der Waals surface area contributed by atoms with Crippen molar-refractivity contribution in [1.29, 1.82) is 0 Å². The molecule has 0 saturated heterocycles. The molecule has 4 rings (SSSR count). The van der Waals surface area contributed by atoms with E-state index in [1.54, 1.807) is 24.3 Å². The smallest absolute Gasteiger partial charge is 0.338 e. The van der Waals surface area contributed by atoms with Gasteiger partial charge in [0, 0.05) is 35.3 Å². The molecule has 0 amide bonds. The van der Waals surface area contributed by atoms with Crippen molar-refractivity contribution in [2.24, 2.45) is 0 Å². The van der Waals surface area contributed by atoms with Gasteiger partial charge >= 0.3 is 11.9 Å². The Kier molecular flexibility index (Phi) is 16.0. The number of benzene rings is 3. The van der Waals surface area contributed by atoms with Crippen LogP contribution in [0.5, 0.6) is 0 Å². The number of nitrogens with two attached hydrogens (primary N) is 1. The van der Waals surface area contributed by atoms with Gasteiger partial charge in [-0.1, -0.05) is 87.0 Å².